The topological polar surface area (TPSA) is 64.6 Å². The summed E-state index contributed by atoms with van der Waals surface area (Å²) in [6, 6.07) is 5.72. The van der Waals surface area contributed by atoms with E-state index >= 15 is 0 Å². The zero-order chi connectivity index (χ0) is 16.9. The zero-order valence-electron chi connectivity index (χ0n) is 13.3. The second kappa shape index (κ2) is 7.25. The number of halogens is 1. The molecule has 1 aliphatic heterocycles. The van der Waals surface area contributed by atoms with Crippen LogP contribution < -0.4 is 9.47 Å². The molecule has 0 N–H and O–H groups in total. The number of ether oxygens (including phenoxy) is 2. The fourth-order valence-corrected chi connectivity index (χ4v) is 2.68. The minimum Gasteiger partial charge on any atom is -0.480 e. The smallest absolute Gasteiger partial charge is 0.254 e. The van der Waals surface area contributed by atoms with Crippen molar-refractivity contribution in [2.45, 2.75) is 18.9 Å². The summed E-state index contributed by atoms with van der Waals surface area (Å²) in [4.78, 5) is 22.3. The molecule has 1 aromatic carbocycles. The minimum absolute atomic E-state index is 0.183. The Kier molecular flexibility index (Phi) is 4.88. The molecule has 1 amide bonds. The lowest BCUT2D eigenvalue weighted by Crippen LogP contribution is -2.44. The first-order valence-electron chi connectivity index (χ1n) is 7.73. The van der Waals surface area contributed by atoms with Crippen molar-refractivity contribution in [1.29, 1.82) is 0 Å². The third-order valence-corrected chi connectivity index (χ3v) is 3.82. The van der Waals surface area contributed by atoms with Crippen molar-refractivity contribution in [3.05, 3.63) is 48.0 Å². The highest BCUT2D eigenvalue weighted by atomic mass is 19.1. The third kappa shape index (κ3) is 3.79. The molecule has 0 spiro atoms. The number of methoxy groups -OCH3 is 1. The van der Waals surface area contributed by atoms with E-state index < -0.39 is 5.82 Å². The van der Waals surface area contributed by atoms with Crippen LogP contribution in [0.3, 0.4) is 0 Å². The van der Waals surface area contributed by atoms with Gasteiger partial charge in [-0.05, 0) is 31.0 Å². The number of rotatable bonds is 4. The Balaban J connectivity index is 1.66. The molecule has 7 heteroatoms. The van der Waals surface area contributed by atoms with Crippen LogP contribution in [0.5, 0.6) is 11.8 Å². The minimum atomic E-state index is -0.419. The van der Waals surface area contributed by atoms with Crippen LogP contribution >= 0.6 is 0 Å². The highest BCUT2D eigenvalue weighted by Crippen LogP contribution is 2.19. The molecule has 0 saturated carbocycles. The van der Waals surface area contributed by atoms with Gasteiger partial charge in [-0.2, -0.15) is 4.98 Å². The van der Waals surface area contributed by atoms with E-state index in [2.05, 4.69) is 9.97 Å². The SMILES string of the molecule is COc1cncc(OC2CCCN(C(=O)c3cccc(F)c3)C2)n1. The van der Waals surface area contributed by atoms with Crippen molar-refractivity contribution >= 4 is 5.91 Å². The molecular formula is C17H18FN3O3. The Hall–Kier alpha value is -2.70. The van der Waals surface area contributed by atoms with Gasteiger partial charge in [-0.25, -0.2) is 4.39 Å². The number of hydrogen-bond donors (Lipinski definition) is 0. The number of benzene rings is 1. The number of piperidine rings is 1. The molecule has 6 nitrogen and oxygen atoms in total. The summed E-state index contributed by atoms with van der Waals surface area (Å²) in [6.07, 6.45) is 4.44. The maximum atomic E-state index is 13.3. The van der Waals surface area contributed by atoms with Crippen LogP contribution in [0.1, 0.15) is 23.2 Å². The highest BCUT2D eigenvalue weighted by Gasteiger charge is 2.26. The van der Waals surface area contributed by atoms with E-state index in [0.29, 0.717) is 30.4 Å². The van der Waals surface area contributed by atoms with E-state index in [1.807, 2.05) is 0 Å². The van der Waals surface area contributed by atoms with Gasteiger partial charge in [-0.3, -0.25) is 9.78 Å². The van der Waals surface area contributed by atoms with Crippen LogP contribution in [0.2, 0.25) is 0 Å². The number of carbonyl (C=O) groups is 1. The zero-order valence-corrected chi connectivity index (χ0v) is 13.3. The Morgan fingerprint density at radius 1 is 1.33 bits per heavy atom. The normalized spacial score (nSPS) is 17.4. The Labute approximate surface area is 139 Å². The van der Waals surface area contributed by atoms with Crippen molar-refractivity contribution in [2.75, 3.05) is 20.2 Å². The van der Waals surface area contributed by atoms with Crippen molar-refractivity contribution in [1.82, 2.24) is 14.9 Å². The molecule has 3 rings (SSSR count). The van der Waals surface area contributed by atoms with E-state index in [-0.39, 0.29) is 12.0 Å². The Morgan fingerprint density at radius 2 is 2.17 bits per heavy atom. The van der Waals surface area contributed by atoms with E-state index in [9.17, 15) is 9.18 Å². The standard InChI is InChI=1S/C17H18FN3O3/c1-23-15-9-19-10-16(20-15)24-14-6-3-7-21(11-14)17(22)12-4-2-5-13(18)8-12/h2,4-5,8-10,14H,3,6-7,11H2,1H3. The van der Waals surface area contributed by atoms with E-state index in [4.69, 9.17) is 9.47 Å². The van der Waals surface area contributed by atoms with Gasteiger partial charge in [0.1, 0.15) is 11.9 Å². The van der Waals surface area contributed by atoms with Crippen molar-refractivity contribution in [3.63, 3.8) is 0 Å². The van der Waals surface area contributed by atoms with Gasteiger partial charge in [0, 0.05) is 12.1 Å². The molecule has 2 aromatic rings. The first kappa shape index (κ1) is 16.2. The van der Waals surface area contributed by atoms with Crippen LogP contribution in [0, 0.1) is 5.82 Å². The van der Waals surface area contributed by atoms with Crippen LogP contribution in [0.15, 0.2) is 36.7 Å². The van der Waals surface area contributed by atoms with Crippen LogP contribution in [-0.2, 0) is 0 Å². The van der Waals surface area contributed by atoms with Crippen LogP contribution in [0.4, 0.5) is 4.39 Å². The van der Waals surface area contributed by atoms with E-state index in [1.54, 1.807) is 11.0 Å². The van der Waals surface area contributed by atoms with E-state index in [1.165, 1.54) is 37.7 Å². The maximum absolute atomic E-state index is 13.3. The largest absolute Gasteiger partial charge is 0.480 e. The van der Waals surface area contributed by atoms with Gasteiger partial charge in [0.15, 0.2) is 0 Å². The van der Waals surface area contributed by atoms with Crippen LogP contribution in [0.25, 0.3) is 0 Å². The van der Waals surface area contributed by atoms with Crippen molar-refractivity contribution in [3.8, 4) is 11.8 Å². The Morgan fingerprint density at radius 3 is 2.96 bits per heavy atom. The fraction of sp³-hybridized carbons (Fsp3) is 0.353. The second-order valence-electron chi connectivity index (χ2n) is 5.54. The molecule has 0 aliphatic carbocycles. The summed E-state index contributed by atoms with van der Waals surface area (Å²) in [5.41, 5.74) is 0.344. The van der Waals surface area contributed by atoms with E-state index in [0.717, 1.165) is 12.8 Å². The molecule has 1 aliphatic rings. The van der Waals surface area contributed by atoms with Gasteiger partial charge in [0.05, 0.1) is 26.0 Å². The molecule has 1 saturated heterocycles. The van der Waals surface area contributed by atoms with Gasteiger partial charge in [-0.1, -0.05) is 6.07 Å². The number of likely N-dealkylation sites (tertiary alicyclic amines) is 1. The fourth-order valence-electron chi connectivity index (χ4n) is 2.68. The monoisotopic (exact) mass is 331 g/mol. The summed E-state index contributed by atoms with van der Waals surface area (Å²) in [7, 11) is 1.51. The molecule has 24 heavy (non-hydrogen) atoms. The third-order valence-electron chi connectivity index (χ3n) is 3.82. The molecule has 1 atom stereocenters. The molecule has 2 heterocycles. The maximum Gasteiger partial charge on any atom is 0.254 e. The van der Waals surface area contributed by atoms with Gasteiger partial charge < -0.3 is 14.4 Å². The van der Waals surface area contributed by atoms with Crippen LogP contribution in [-0.4, -0.2) is 47.1 Å². The second-order valence-corrected chi connectivity index (χ2v) is 5.54. The molecular weight excluding hydrogens is 313 g/mol. The number of hydrogen-bond acceptors (Lipinski definition) is 5. The quantitative estimate of drug-likeness (QED) is 0.860. The first-order valence-corrected chi connectivity index (χ1v) is 7.73. The van der Waals surface area contributed by atoms with Gasteiger partial charge >= 0.3 is 0 Å². The summed E-state index contributed by atoms with van der Waals surface area (Å²) in [5.74, 6) is 0.118. The Bertz CT molecular complexity index is 726. The summed E-state index contributed by atoms with van der Waals surface area (Å²) in [6.45, 7) is 1.05. The van der Waals surface area contributed by atoms with Gasteiger partial charge in [0.2, 0.25) is 11.8 Å². The number of amides is 1. The average molecular weight is 331 g/mol. The lowest BCUT2D eigenvalue weighted by Gasteiger charge is -2.32. The summed E-state index contributed by atoms with van der Waals surface area (Å²) >= 11 is 0. The number of aromatic nitrogens is 2. The molecule has 0 radical (unpaired) electrons. The lowest BCUT2D eigenvalue weighted by atomic mass is 10.1. The summed E-state index contributed by atoms with van der Waals surface area (Å²) < 4.78 is 24.1. The first-order chi connectivity index (χ1) is 11.7. The number of carbonyl (C=O) groups excluding carboxylic acids is 1. The van der Waals surface area contributed by atoms with Crippen molar-refractivity contribution in [2.24, 2.45) is 0 Å². The van der Waals surface area contributed by atoms with Gasteiger partial charge in [0.25, 0.3) is 5.91 Å². The predicted molar refractivity (Wildman–Crippen MR) is 84.5 cm³/mol. The predicted octanol–water partition coefficient (Wildman–Crippen LogP) is 2.31. The molecule has 0 bridgehead atoms. The average Bonchev–Trinajstić information content (AvgIpc) is 2.61. The lowest BCUT2D eigenvalue weighted by molar-refractivity contribution is 0.0525. The van der Waals surface area contributed by atoms with Gasteiger partial charge in [-0.15, -0.1) is 0 Å². The van der Waals surface area contributed by atoms with Crippen molar-refractivity contribution < 1.29 is 18.7 Å². The number of nitrogens with zero attached hydrogens (tertiary/aromatic N) is 3. The highest BCUT2D eigenvalue weighted by molar-refractivity contribution is 5.94. The molecule has 1 aromatic heterocycles. The molecule has 1 fully saturated rings. The summed E-state index contributed by atoms with van der Waals surface area (Å²) in [5, 5.41) is 0. The molecule has 1 unspecified atom stereocenters. The molecule has 126 valence electrons.